The molecule has 1 aromatic rings. The van der Waals surface area contributed by atoms with Crippen molar-refractivity contribution in [3.63, 3.8) is 0 Å². The molecule has 0 saturated carbocycles. The number of halogens is 4. The molecule has 1 atom stereocenters. The van der Waals surface area contributed by atoms with Gasteiger partial charge in [-0.3, -0.25) is 4.79 Å². The number of rotatable bonds is 5. The minimum absolute atomic E-state index is 0.178. The first-order valence-electron chi connectivity index (χ1n) is 6.52. The lowest BCUT2D eigenvalue weighted by Gasteiger charge is -2.19. The van der Waals surface area contributed by atoms with E-state index in [-0.39, 0.29) is 24.1 Å². The zero-order chi connectivity index (χ0) is 16.2. The molecule has 0 aromatic heterocycles. The molecule has 1 aromatic carbocycles. The SMILES string of the molecule is CC(C)CC(CN)NC(=O)c1ccc(F)c(C(F)(F)F)c1. The van der Waals surface area contributed by atoms with Crippen LogP contribution in [0.1, 0.15) is 36.2 Å². The Morgan fingerprint density at radius 3 is 2.43 bits per heavy atom. The second-order valence-electron chi connectivity index (χ2n) is 5.23. The summed E-state index contributed by atoms with van der Waals surface area (Å²) in [5.41, 5.74) is 3.82. The number of alkyl halides is 3. The number of benzene rings is 1. The third-order valence-electron chi connectivity index (χ3n) is 2.91. The molecule has 1 rings (SSSR count). The highest BCUT2D eigenvalue weighted by molar-refractivity contribution is 5.94. The van der Waals surface area contributed by atoms with Crippen molar-refractivity contribution in [1.29, 1.82) is 0 Å². The summed E-state index contributed by atoms with van der Waals surface area (Å²) < 4.78 is 51.0. The summed E-state index contributed by atoms with van der Waals surface area (Å²) in [4.78, 5) is 11.9. The highest BCUT2D eigenvalue weighted by Gasteiger charge is 2.34. The maximum atomic E-state index is 13.2. The first-order chi connectivity index (χ1) is 9.65. The highest BCUT2D eigenvalue weighted by atomic mass is 19.4. The van der Waals surface area contributed by atoms with Crippen LogP contribution in [0.4, 0.5) is 17.6 Å². The van der Waals surface area contributed by atoms with Crippen LogP contribution in [-0.2, 0) is 6.18 Å². The Morgan fingerprint density at radius 1 is 1.33 bits per heavy atom. The van der Waals surface area contributed by atoms with E-state index in [1.165, 1.54) is 0 Å². The molecule has 0 radical (unpaired) electrons. The molecule has 21 heavy (non-hydrogen) atoms. The van der Waals surface area contributed by atoms with Crippen LogP contribution >= 0.6 is 0 Å². The normalized spacial score (nSPS) is 13.3. The van der Waals surface area contributed by atoms with Crippen molar-refractivity contribution in [3.8, 4) is 0 Å². The summed E-state index contributed by atoms with van der Waals surface area (Å²) in [5, 5.41) is 2.56. The topological polar surface area (TPSA) is 55.1 Å². The third kappa shape index (κ3) is 5.00. The van der Waals surface area contributed by atoms with E-state index in [1.807, 2.05) is 13.8 Å². The van der Waals surface area contributed by atoms with Gasteiger partial charge in [-0.2, -0.15) is 13.2 Å². The first-order valence-corrected chi connectivity index (χ1v) is 6.52. The smallest absolute Gasteiger partial charge is 0.348 e. The zero-order valence-electron chi connectivity index (χ0n) is 11.8. The summed E-state index contributed by atoms with van der Waals surface area (Å²) in [7, 11) is 0. The lowest BCUT2D eigenvalue weighted by Crippen LogP contribution is -2.41. The number of carbonyl (C=O) groups excluding carboxylic acids is 1. The van der Waals surface area contributed by atoms with E-state index in [1.54, 1.807) is 0 Å². The van der Waals surface area contributed by atoms with E-state index < -0.39 is 23.5 Å². The van der Waals surface area contributed by atoms with Crippen molar-refractivity contribution >= 4 is 5.91 Å². The van der Waals surface area contributed by atoms with Crippen molar-refractivity contribution in [2.75, 3.05) is 6.54 Å². The monoisotopic (exact) mass is 306 g/mol. The number of carbonyl (C=O) groups is 1. The molecule has 0 fully saturated rings. The van der Waals surface area contributed by atoms with E-state index in [9.17, 15) is 22.4 Å². The van der Waals surface area contributed by atoms with Crippen LogP contribution < -0.4 is 11.1 Å². The predicted molar refractivity (Wildman–Crippen MR) is 71.2 cm³/mol. The summed E-state index contributed by atoms with van der Waals surface area (Å²) >= 11 is 0. The average Bonchev–Trinajstić information content (AvgIpc) is 2.36. The molecule has 0 spiro atoms. The number of nitrogens with one attached hydrogen (secondary N) is 1. The quantitative estimate of drug-likeness (QED) is 0.822. The van der Waals surface area contributed by atoms with Crippen LogP contribution in [0, 0.1) is 11.7 Å². The van der Waals surface area contributed by atoms with Crippen LogP contribution in [0.15, 0.2) is 18.2 Å². The molecule has 0 saturated heterocycles. The fourth-order valence-electron chi connectivity index (χ4n) is 1.94. The predicted octanol–water partition coefficient (Wildman–Crippen LogP) is 2.95. The van der Waals surface area contributed by atoms with E-state index in [2.05, 4.69) is 5.32 Å². The number of hydrogen-bond acceptors (Lipinski definition) is 2. The van der Waals surface area contributed by atoms with Gasteiger partial charge in [0.1, 0.15) is 5.82 Å². The largest absolute Gasteiger partial charge is 0.419 e. The maximum Gasteiger partial charge on any atom is 0.419 e. The molecule has 1 unspecified atom stereocenters. The maximum absolute atomic E-state index is 13.2. The van der Waals surface area contributed by atoms with Crippen LogP contribution in [-0.4, -0.2) is 18.5 Å². The molecule has 0 aliphatic rings. The Kier molecular flexibility index (Phi) is 5.71. The fourth-order valence-corrected chi connectivity index (χ4v) is 1.94. The zero-order valence-corrected chi connectivity index (χ0v) is 11.8. The molecule has 3 nitrogen and oxygen atoms in total. The lowest BCUT2D eigenvalue weighted by atomic mass is 10.0. The van der Waals surface area contributed by atoms with Crippen molar-refractivity contribution in [1.82, 2.24) is 5.32 Å². The number of nitrogens with two attached hydrogens (primary N) is 1. The van der Waals surface area contributed by atoms with Crippen LogP contribution in [0.3, 0.4) is 0 Å². The highest BCUT2D eigenvalue weighted by Crippen LogP contribution is 2.31. The van der Waals surface area contributed by atoms with Gasteiger partial charge in [0.05, 0.1) is 5.56 Å². The van der Waals surface area contributed by atoms with Gasteiger partial charge in [-0.1, -0.05) is 13.8 Å². The molecule has 0 aliphatic carbocycles. The summed E-state index contributed by atoms with van der Waals surface area (Å²) in [5.74, 6) is -1.83. The molecule has 118 valence electrons. The summed E-state index contributed by atoms with van der Waals surface area (Å²) in [6.07, 6.45) is -4.23. The van der Waals surface area contributed by atoms with Gasteiger partial charge in [-0.15, -0.1) is 0 Å². The number of amides is 1. The summed E-state index contributed by atoms with van der Waals surface area (Å²) in [6, 6.07) is 1.82. The number of hydrogen-bond donors (Lipinski definition) is 2. The Balaban J connectivity index is 2.93. The van der Waals surface area contributed by atoms with E-state index in [4.69, 9.17) is 5.73 Å². The van der Waals surface area contributed by atoms with E-state index in [0.717, 1.165) is 6.07 Å². The Morgan fingerprint density at radius 2 is 1.95 bits per heavy atom. The summed E-state index contributed by atoms with van der Waals surface area (Å²) in [6.45, 7) is 4.06. The van der Waals surface area contributed by atoms with E-state index in [0.29, 0.717) is 18.6 Å². The minimum atomic E-state index is -4.84. The van der Waals surface area contributed by atoms with Gasteiger partial charge in [-0.25, -0.2) is 4.39 Å². The second kappa shape index (κ2) is 6.89. The van der Waals surface area contributed by atoms with Gasteiger partial charge in [0.2, 0.25) is 0 Å². The van der Waals surface area contributed by atoms with Gasteiger partial charge < -0.3 is 11.1 Å². The Labute approximate surface area is 120 Å². The standard InChI is InChI=1S/C14H18F4N2O/c1-8(2)5-10(7-19)20-13(21)9-3-4-12(15)11(6-9)14(16,17)18/h3-4,6,8,10H,5,7,19H2,1-2H3,(H,20,21). The van der Waals surface area contributed by atoms with Crippen LogP contribution in [0.5, 0.6) is 0 Å². The average molecular weight is 306 g/mol. The lowest BCUT2D eigenvalue weighted by molar-refractivity contribution is -0.140. The molecule has 1 amide bonds. The Hall–Kier alpha value is -1.63. The Bertz CT molecular complexity index is 500. The fraction of sp³-hybridized carbons (Fsp3) is 0.500. The minimum Gasteiger partial charge on any atom is -0.348 e. The molecule has 3 N–H and O–H groups in total. The van der Waals surface area contributed by atoms with Gasteiger partial charge in [0, 0.05) is 18.2 Å². The molecule has 0 heterocycles. The molecule has 0 aliphatic heterocycles. The van der Waals surface area contributed by atoms with Crippen molar-refractivity contribution in [3.05, 3.63) is 35.1 Å². The van der Waals surface area contributed by atoms with Crippen LogP contribution in [0.25, 0.3) is 0 Å². The van der Waals surface area contributed by atoms with Gasteiger partial charge in [-0.05, 0) is 30.5 Å². The van der Waals surface area contributed by atoms with Crippen molar-refractivity contribution < 1.29 is 22.4 Å². The molecular formula is C14H18F4N2O. The second-order valence-corrected chi connectivity index (χ2v) is 5.23. The van der Waals surface area contributed by atoms with Crippen LogP contribution in [0.2, 0.25) is 0 Å². The van der Waals surface area contributed by atoms with Crippen molar-refractivity contribution in [2.24, 2.45) is 11.7 Å². The van der Waals surface area contributed by atoms with Crippen molar-refractivity contribution in [2.45, 2.75) is 32.5 Å². The van der Waals surface area contributed by atoms with Gasteiger partial charge in [0.15, 0.2) is 0 Å². The van der Waals surface area contributed by atoms with E-state index >= 15 is 0 Å². The first kappa shape index (κ1) is 17.4. The molecule has 7 heteroatoms. The van der Waals surface area contributed by atoms with Gasteiger partial charge in [0.25, 0.3) is 5.91 Å². The molecular weight excluding hydrogens is 288 g/mol. The van der Waals surface area contributed by atoms with Gasteiger partial charge >= 0.3 is 6.18 Å². The molecule has 0 bridgehead atoms. The third-order valence-corrected chi connectivity index (χ3v) is 2.91.